The highest BCUT2D eigenvalue weighted by molar-refractivity contribution is 14.0. The highest BCUT2D eigenvalue weighted by atomic mass is 127. The van der Waals surface area contributed by atoms with Gasteiger partial charge in [0.15, 0.2) is 5.96 Å². The number of ether oxygens (including phenoxy) is 1. The molecular weight excluding hydrogens is 377 g/mol. The SMILES string of the molecule is C=CCNC(=NCc1ccccc1COCC)NCC.I. The number of nitrogens with one attached hydrogen (secondary N) is 2. The van der Waals surface area contributed by atoms with E-state index in [1.165, 1.54) is 11.1 Å². The fraction of sp³-hybridized carbons (Fsp3) is 0.438. The van der Waals surface area contributed by atoms with Gasteiger partial charge >= 0.3 is 0 Å². The lowest BCUT2D eigenvalue weighted by Gasteiger charge is -2.11. The highest BCUT2D eigenvalue weighted by Crippen LogP contribution is 2.11. The summed E-state index contributed by atoms with van der Waals surface area (Å²) >= 11 is 0. The fourth-order valence-electron chi connectivity index (χ4n) is 1.74. The molecule has 0 heterocycles. The van der Waals surface area contributed by atoms with Crippen LogP contribution < -0.4 is 10.6 Å². The topological polar surface area (TPSA) is 45.7 Å². The standard InChI is InChI=1S/C16H25N3O.HI/c1-4-11-18-16(17-5-2)19-12-14-9-7-8-10-15(14)13-20-6-3;/h4,7-10H,1,5-6,11-13H2,2-3H3,(H2,17,18,19);1H. The lowest BCUT2D eigenvalue weighted by atomic mass is 10.1. The first-order valence-electron chi connectivity index (χ1n) is 7.09. The molecule has 0 aliphatic heterocycles. The Hall–Kier alpha value is -1.08. The molecule has 0 aromatic heterocycles. The third kappa shape index (κ3) is 8.06. The van der Waals surface area contributed by atoms with Crippen molar-refractivity contribution >= 4 is 29.9 Å². The average Bonchev–Trinajstić information content (AvgIpc) is 2.48. The maximum Gasteiger partial charge on any atom is 0.191 e. The van der Waals surface area contributed by atoms with E-state index in [1.807, 2.05) is 32.1 Å². The van der Waals surface area contributed by atoms with E-state index in [2.05, 4.69) is 34.3 Å². The molecule has 118 valence electrons. The number of guanidine groups is 1. The summed E-state index contributed by atoms with van der Waals surface area (Å²) in [5.74, 6) is 0.804. The van der Waals surface area contributed by atoms with E-state index in [4.69, 9.17) is 4.74 Å². The summed E-state index contributed by atoms with van der Waals surface area (Å²) in [6, 6.07) is 8.24. The molecule has 0 spiro atoms. The van der Waals surface area contributed by atoms with Crippen LogP contribution >= 0.6 is 24.0 Å². The molecule has 0 amide bonds. The molecule has 4 nitrogen and oxygen atoms in total. The van der Waals surface area contributed by atoms with Crippen LogP contribution in [0.4, 0.5) is 0 Å². The number of nitrogens with zero attached hydrogens (tertiary/aromatic N) is 1. The molecule has 0 fully saturated rings. The van der Waals surface area contributed by atoms with Gasteiger partial charge in [-0.25, -0.2) is 4.99 Å². The average molecular weight is 403 g/mol. The zero-order valence-corrected chi connectivity index (χ0v) is 15.2. The van der Waals surface area contributed by atoms with E-state index in [-0.39, 0.29) is 24.0 Å². The molecule has 0 bridgehead atoms. The fourth-order valence-corrected chi connectivity index (χ4v) is 1.74. The van der Waals surface area contributed by atoms with Crippen molar-refractivity contribution in [2.45, 2.75) is 27.0 Å². The summed E-state index contributed by atoms with van der Waals surface area (Å²) in [6.07, 6.45) is 1.82. The van der Waals surface area contributed by atoms with Crippen molar-refractivity contribution in [3.05, 3.63) is 48.0 Å². The van der Waals surface area contributed by atoms with Gasteiger partial charge in [-0.05, 0) is 25.0 Å². The quantitative estimate of drug-likeness (QED) is 0.304. The first-order valence-corrected chi connectivity index (χ1v) is 7.09. The van der Waals surface area contributed by atoms with Crippen LogP contribution in [0.3, 0.4) is 0 Å². The Morgan fingerprint density at radius 2 is 1.95 bits per heavy atom. The molecule has 1 aromatic carbocycles. The van der Waals surface area contributed by atoms with Gasteiger partial charge in [0.05, 0.1) is 13.2 Å². The van der Waals surface area contributed by atoms with E-state index in [9.17, 15) is 0 Å². The van der Waals surface area contributed by atoms with Crippen LogP contribution in [-0.4, -0.2) is 25.7 Å². The minimum atomic E-state index is 0. The maximum absolute atomic E-state index is 5.49. The van der Waals surface area contributed by atoms with E-state index < -0.39 is 0 Å². The summed E-state index contributed by atoms with van der Waals surface area (Å²) in [5, 5.41) is 6.40. The third-order valence-electron chi connectivity index (χ3n) is 2.75. The summed E-state index contributed by atoms with van der Waals surface area (Å²) in [7, 11) is 0. The van der Waals surface area contributed by atoms with Crippen LogP contribution in [0, 0.1) is 0 Å². The molecule has 21 heavy (non-hydrogen) atoms. The van der Waals surface area contributed by atoms with Crippen molar-refractivity contribution in [3.8, 4) is 0 Å². The van der Waals surface area contributed by atoms with Gasteiger partial charge in [0.25, 0.3) is 0 Å². The van der Waals surface area contributed by atoms with Gasteiger partial charge in [0.2, 0.25) is 0 Å². The second-order valence-corrected chi connectivity index (χ2v) is 4.27. The second-order valence-electron chi connectivity index (χ2n) is 4.27. The van der Waals surface area contributed by atoms with E-state index >= 15 is 0 Å². The van der Waals surface area contributed by atoms with Gasteiger partial charge < -0.3 is 15.4 Å². The van der Waals surface area contributed by atoms with Crippen LogP contribution in [-0.2, 0) is 17.9 Å². The number of halogens is 1. The first kappa shape index (κ1) is 19.9. The van der Waals surface area contributed by atoms with Crippen molar-refractivity contribution in [2.75, 3.05) is 19.7 Å². The smallest absolute Gasteiger partial charge is 0.191 e. The van der Waals surface area contributed by atoms with Gasteiger partial charge in [0, 0.05) is 19.7 Å². The Morgan fingerprint density at radius 1 is 1.24 bits per heavy atom. The van der Waals surface area contributed by atoms with E-state index in [0.29, 0.717) is 19.7 Å². The molecule has 0 saturated heterocycles. The Kier molecular flexibility index (Phi) is 12.0. The predicted molar refractivity (Wildman–Crippen MR) is 100 cm³/mol. The van der Waals surface area contributed by atoms with Crippen molar-refractivity contribution < 1.29 is 4.74 Å². The first-order chi connectivity index (χ1) is 9.81. The molecule has 0 aliphatic carbocycles. The molecule has 0 radical (unpaired) electrons. The maximum atomic E-state index is 5.49. The summed E-state index contributed by atoms with van der Waals surface area (Å²) in [5.41, 5.74) is 2.38. The number of benzene rings is 1. The van der Waals surface area contributed by atoms with E-state index in [1.54, 1.807) is 0 Å². The molecule has 5 heteroatoms. The van der Waals surface area contributed by atoms with Crippen molar-refractivity contribution in [1.82, 2.24) is 10.6 Å². The summed E-state index contributed by atoms with van der Waals surface area (Å²) in [6.45, 7) is 11.3. The van der Waals surface area contributed by atoms with Crippen LogP contribution in [0.2, 0.25) is 0 Å². The van der Waals surface area contributed by atoms with Crippen molar-refractivity contribution in [3.63, 3.8) is 0 Å². The van der Waals surface area contributed by atoms with Gasteiger partial charge in [-0.15, -0.1) is 30.6 Å². The number of rotatable bonds is 8. The van der Waals surface area contributed by atoms with Crippen LogP contribution in [0.5, 0.6) is 0 Å². The molecule has 2 N–H and O–H groups in total. The monoisotopic (exact) mass is 403 g/mol. The van der Waals surface area contributed by atoms with Crippen molar-refractivity contribution in [1.29, 1.82) is 0 Å². The Morgan fingerprint density at radius 3 is 2.57 bits per heavy atom. The Labute approximate surface area is 145 Å². The van der Waals surface area contributed by atoms with Gasteiger partial charge in [-0.2, -0.15) is 0 Å². The zero-order valence-electron chi connectivity index (χ0n) is 12.9. The Bertz CT molecular complexity index is 435. The predicted octanol–water partition coefficient (Wildman–Crippen LogP) is 3.08. The number of aliphatic imine (C=N–C) groups is 1. The van der Waals surface area contributed by atoms with Crippen LogP contribution in [0.25, 0.3) is 0 Å². The molecule has 0 saturated carbocycles. The molecular formula is C16H26IN3O. The summed E-state index contributed by atoms with van der Waals surface area (Å²) in [4.78, 5) is 4.58. The van der Waals surface area contributed by atoms with Gasteiger partial charge in [-0.1, -0.05) is 30.3 Å². The zero-order chi connectivity index (χ0) is 14.6. The molecule has 0 unspecified atom stereocenters. The normalized spacial score (nSPS) is 10.7. The van der Waals surface area contributed by atoms with Gasteiger partial charge in [-0.3, -0.25) is 0 Å². The minimum Gasteiger partial charge on any atom is -0.377 e. The lowest BCUT2D eigenvalue weighted by molar-refractivity contribution is 0.133. The molecule has 0 aliphatic rings. The molecule has 1 aromatic rings. The lowest BCUT2D eigenvalue weighted by Crippen LogP contribution is -2.37. The minimum absolute atomic E-state index is 0. The van der Waals surface area contributed by atoms with Crippen LogP contribution in [0.1, 0.15) is 25.0 Å². The largest absolute Gasteiger partial charge is 0.377 e. The molecule has 0 atom stereocenters. The Balaban J connectivity index is 0.00000400. The van der Waals surface area contributed by atoms with Gasteiger partial charge in [0.1, 0.15) is 0 Å². The molecule has 1 rings (SSSR count). The van der Waals surface area contributed by atoms with Crippen LogP contribution in [0.15, 0.2) is 41.9 Å². The highest BCUT2D eigenvalue weighted by Gasteiger charge is 2.02. The number of hydrogen-bond acceptors (Lipinski definition) is 2. The van der Waals surface area contributed by atoms with Crippen molar-refractivity contribution in [2.24, 2.45) is 4.99 Å². The third-order valence-corrected chi connectivity index (χ3v) is 2.75. The summed E-state index contributed by atoms with van der Waals surface area (Å²) < 4.78 is 5.49. The number of hydrogen-bond donors (Lipinski definition) is 2. The second kappa shape index (κ2) is 12.6. The van der Waals surface area contributed by atoms with E-state index in [0.717, 1.165) is 19.1 Å².